The fraction of sp³-hybridized carbons (Fsp3) is 0.294. The number of aryl methyl sites for hydroxylation is 1. The number of nitrogens with zero attached hydrogens (tertiary/aromatic N) is 8. The first kappa shape index (κ1) is 25.4. The smallest absolute Gasteiger partial charge is 0.741 e. The molecule has 10 nitrogen and oxygen atoms in total. The monoisotopic (exact) mass is 491 g/mol. The first-order valence-electron chi connectivity index (χ1n) is 8.53. The van der Waals surface area contributed by atoms with Gasteiger partial charge in [-0.25, -0.2) is 0 Å². The molecule has 0 saturated heterocycles. The van der Waals surface area contributed by atoms with Crippen LogP contribution in [0.2, 0.25) is 0 Å². The topological polar surface area (TPSA) is 125 Å². The Balaban J connectivity index is 0.00000450. The van der Waals surface area contributed by atoms with E-state index in [4.69, 9.17) is 25.3 Å². The van der Waals surface area contributed by atoms with E-state index in [-0.39, 0.29) is 22.2 Å². The van der Waals surface area contributed by atoms with Crippen LogP contribution in [0.25, 0.3) is 11.4 Å². The summed E-state index contributed by atoms with van der Waals surface area (Å²) in [7, 11) is 1.68. The number of aromatic nitrogens is 4. The molecule has 0 unspecified atom stereocenters. The van der Waals surface area contributed by atoms with Crippen LogP contribution in [-0.4, -0.2) is 49.2 Å². The fourth-order valence-corrected chi connectivity index (χ4v) is 1.97. The van der Waals surface area contributed by atoms with Crippen LogP contribution in [0.5, 0.6) is 0 Å². The van der Waals surface area contributed by atoms with Crippen molar-refractivity contribution in [2.75, 3.05) is 7.05 Å². The molecule has 1 radical (unpaired) electrons. The largest absolute Gasteiger partial charge is 2.00 e. The number of benzene rings is 1. The van der Waals surface area contributed by atoms with Gasteiger partial charge in [0.25, 0.3) is 0 Å². The quantitative estimate of drug-likeness (QED) is 0.202. The van der Waals surface area contributed by atoms with Crippen LogP contribution >= 0.6 is 0 Å². The Morgan fingerprint density at radius 2 is 1.40 bits per heavy atom. The van der Waals surface area contributed by atoms with Crippen molar-refractivity contribution in [1.29, 1.82) is 0 Å². The van der Waals surface area contributed by atoms with Crippen molar-refractivity contribution < 1.29 is 17.1 Å². The van der Waals surface area contributed by atoms with E-state index in [1.54, 1.807) is 27.8 Å². The molecule has 0 aliphatic heterocycles. The van der Waals surface area contributed by atoms with Gasteiger partial charge in [0.15, 0.2) is 5.82 Å². The van der Waals surface area contributed by atoms with E-state index in [9.17, 15) is 0 Å². The second-order valence-electron chi connectivity index (χ2n) is 5.75. The molecule has 1 heterocycles. The molecule has 2 rings (SSSR count). The molecule has 0 bridgehead atoms. The normalized spacial score (nSPS) is 12.9. The minimum Gasteiger partial charge on any atom is -0.741 e. The van der Waals surface area contributed by atoms with E-state index in [1.807, 2.05) is 24.3 Å². The first-order chi connectivity index (χ1) is 13.9. The van der Waals surface area contributed by atoms with Gasteiger partial charge < -0.3 is 35.9 Å². The Bertz CT molecular complexity index is 940. The van der Waals surface area contributed by atoms with E-state index in [1.165, 1.54) is 0 Å². The molecule has 30 heavy (non-hydrogen) atoms. The van der Waals surface area contributed by atoms with Crippen LogP contribution in [0, 0.1) is 6.92 Å². The molecule has 0 spiro atoms. The standard InChI is InChI=1S/C17H22N10S2.Cu/c1-10(20-26-16(28)18-4)11(2)21-27-17(29)19-9-13-5-7-14(8-6-13)15-24-22-12(3)23-25-15;/h5-8H,9H2,1-4H3,(H2,18,26,28)(H2,19,27,29);/q;+2/p-2/b20-10+,21-11+;. The molecule has 1 aromatic carbocycles. The third kappa shape index (κ3) is 8.41. The summed E-state index contributed by atoms with van der Waals surface area (Å²) in [6, 6.07) is 7.66. The van der Waals surface area contributed by atoms with Crippen LogP contribution in [0.4, 0.5) is 0 Å². The van der Waals surface area contributed by atoms with Crippen molar-refractivity contribution in [2.24, 2.45) is 20.4 Å². The number of hydrogen-bond donors (Lipinski definition) is 2. The summed E-state index contributed by atoms with van der Waals surface area (Å²) in [5.41, 5.74) is 3.02. The van der Waals surface area contributed by atoms with E-state index in [0.29, 0.717) is 34.8 Å². The summed E-state index contributed by atoms with van der Waals surface area (Å²) in [4.78, 5) is 0. The van der Waals surface area contributed by atoms with Gasteiger partial charge in [0.05, 0.1) is 11.4 Å². The molecule has 0 saturated carbocycles. The Labute approximate surface area is 196 Å². The summed E-state index contributed by atoms with van der Waals surface area (Å²) >= 11 is 10.1. The summed E-state index contributed by atoms with van der Waals surface area (Å²) < 4.78 is 0. The van der Waals surface area contributed by atoms with E-state index in [0.717, 1.165) is 11.1 Å². The maximum absolute atomic E-state index is 5.18. The molecule has 1 aromatic heterocycles. The van der Waals surface area contributed by atoms with Crippen molar-refractivity contribution in [3.05, 3.63) is 35.7 Å². The van der Waals surface area contributed by atoms with Gasteiger partial charge in [-0.2, -0.15) is 20.4 Å². The Kier molecular flexibility index (Phi) is 10.9. The van der Waals surface area contributed by atoms with Gasteiger partial charge in [-0.1, -0.05) is 24.3 Å². The van der Waals surface area contributed by atoms with E-state index in [2.05, 4.69) is 51.4 Å². The molecule has 0 aliphatic rings. The van der Waals surface area contributed by atoms with Gasteiger partial charge in [-0.05, 0) is 36.7 Å². The Morgan fingerprint density at radius 1 is 0.867 bits per heavy atom. The van der Waals surface area contributed by atoms with Crippen molar-refractivity contribution >= 4 is 47.0 Å². The number of nitrogens with one attached hydrogen (secondary N) is 2. The van der Waals surface area contributed by atoms with E-state index < -0.39 is 0 Å². The molecule has 13 heteroatoms. The van der Waals surface area contributed by atoms with Gasteiger partial charge in [0.1, 0.15) is 0 Å². The van der Waals surface area contributed by atoms with Gasteiger partial charge >= 0.3 is 17.1 Å². The molecule has 161 valence electrons. The van der Waals surface area contributed by atoms with Crippen LogP contribution < -0.4 is 10.6 Å². The zero-order chi connectivity index (χ0) is 21.2. The number of hydrogen-bond acceptors (Lipinski definition) is 10. The molecular weight excluding hydrogens is 472 g/mol. The summed E-state index contributed by atoms with van der Waals surface area (Å²) in [5.74, 6) is 1.01. The third-order valence-corrected chi connectivity index (χ3v) is 4.07. The number of rotatable bonds is 6. The molecule has 2 N–H and O–H groups in total. The molecule has 2 aromatic rings. The van der Waals surface area contributed by atoms with Crippen LogP contribution in [0.1, 0.15) is 25.2 Å². The van der Waals surface area contributed by atoms with Crippen molar-refractivity contribution in [1.82, 2.24) is 31.0 Å². The van der Waals surface area contributed by atoms with Crippen LogP contribution in [0.3, 0.4) is 0 Å². The summed E-state index contributed by atoms with van der Waals surface area (Å²) in [5, 5.41) is 38.0. The predicted octanol–water partition coefficient (Wildman–Crippen LogP) is 1.11. The zero-order valence-electron chi connectivity index (χ0n) is 16.7. The van der Waals surface area contributed by atoms with Crippen molar-refractivity contribution in [3.8, 4) is 11.4 Å². The molecule has 0 atom stereocenters. The molecule has 0 fully saturated rings. The third-order valence-electron chi connectivity index (χ3n) is 3.55. The summed E-state index contributed by atoms with van der Waals surface area (Å²) in [6.07, 6.45) is 0. The molecular formula is C17H20CuN10S2. The van der Waals surface area contributed by atoms with E-state index >= 15 is 0 Å². The summed E-state index contributed by atoms with van der Waals surface area (Å²) in [6.45, 7) is 5.76. The minimum atomic E-state index is 0. The van der Waals surface area contributed by atoms with Gasteiger partial charge in [-0.15, -0.1) is 20.4 Å². The second-order valence-corrected chi connectivity index (χ2v) is 6.53. The van der Waals surface area contributed by atoms with Crippen molar-refractivity contribution in [3.63, 3.8) is 0 Å². The fourth-order valence-electron chi connectivity index (χ4n) is 1.82. The number of amidine groups is 2. The van der Waals surface area contributed by atoms with Crippen LogP contribution in [-0.2, 0) is 48.9 Å². The van der Waals surface area contributed by atoms with Gasteiger partial charge in [0, 0.05) is 19.2 Å². The molecule has 0 amide bonds. The van der Waals surface area contributed by atoms with Crippen LogP contribution in [0.15, 0.2) is 44.7 Å². The second kappa shape index (κ2) is 12.9. The maximum Gasteiger partial charge on any atom is 2.00 e. The Hall–Kier alpha value is -2.60. The maximum atomic E-state index is 5.18. The van der Waals surface area contributed by atoms with Gasteiger partial charge in [0.2, 0.25) is 5.82 Å². The van der Waals surface area contributed by atoms with Crippen molar-refractivity contribution in [2.45, 2.75) is 27.3 Å². The molecule has 0 aliphatic carbocycles. The SMILES string of the molecule is CN/C([S-])=N/N=C(C)/C(C)=N/N=C(\[S-])NCc1ccc(-c2nnc(C)nn2)cc1.[Cu+2]. The predicted molar refractivity (Wildman–Crippen MR) is 120 cm³/mol. The Morgan fingerprint density at radius 3 is 1.93 bits per heavy atom. The first-order valence-corrected chi connectivity index (χ1v) is 9.34. The average Bonchev–Trinajstić information content (AvgIpc) is 2.74. The average molecular weight is 492 g/mol. The minimum absolute atomic E-state index is 0. The zero-order valence-corrected chi connectivity index (χ0v) is 19.3. The van der Waals surface area contributed by atoms with Gasteiger partial charge in [-0.3, -0.25) is 0 Å².